The molecular formula is C19H19Cl2N3O5S. The van der Waals surface area contributed by atoms with E-state index in [0.29, 0.717) is 17.8 Å². The Balaban J connectivity index is 1.64. The first-order chi connectivity index (χ1) is 14.2. The number of nitrogens with zero attached hydrogens (tertiary/aromatic N) is 1. The molecule has 0 bridgehead atoms. The smallest absolute Gasteiger partial charge is 0.261 e. The Morgan fingerprint density at radius 3 is 2.47 bits per heavy atom. The molecule has 1 heterocycles. The summed E-state index contributed by atoms with van der Waals surface area (Å²) in [6.45, 7) is 0.745. The van der Waals surface area contributed by atoms with E-state index >= 15 is 0 Å². The number of hydrogen-bond donors (Lipinski definition) is 2. The van der Waals surface area contributed by atoms with Gasteiger partial charge in [0.25, 0.3) is 10.0 Å². The molecule has 1 atom stereocenters. The number of sulfonamides is 1. The molecule has 0 spiro atoms. The van der Waals surface area contributed by atoms with Crippen molar-refractivity contribution in [2.75, 3.05) is 24.4 Å². The average molecular weight is 472 g/mol. The predicted octanol–water partition coefficient (Wildman–Crippen LogP) is 2.05. The maximum atomic E-state index is 12.5. The number of carbonyl (C=O) groups excluding carboxylic acids is 2. The van der Waals surface area contributed by atoms with Crippen LogP contribution in [0.25, 0.3) is 0 Å². The number of primary amides is 1. The standard InChI is InChI=1S/C19H19Cl2N3O5S/c20-15-6-5-14(10-16(15)21)30(27,28)23-13-3-1-12(2-4-13)9-18(25)24-7-8-29-17(11-24)19(22)26/h1-6,10,17,23H,7-9,11H2,(H2,22,26). The number of nitrogens with one attached hydrogen (secondary N) is 1. The summed E-state index contributed by atoms with van der Waals surface area (Å²) in [4.78, 5) is 25.2. The molecule has 2 amide bonds. The van der Waals surface area contributed by atoms with Gasteiger partial charge in [0.1, 0.15) is 0 Å². The molecule has 0 aliphatic carbocycles. The van der Waals surface area contributed by atoms with Crippen molar-refractivity contribution in [2.24, 2.45) is 5.73 Å². The number of ether oxygens (including phenoxy) is 1. The summed E-state index contributed by atoms with van der Waals surface area (Å²) >= 11 is 11.7. The molecule has 30 heavy (non-hydrogen) atoms. The highest BCUT2D eigenvalue weighted by atomic mass is 35.5. The van der Waals surface area contributed by atoms with Crippen LogP contribution in [0, 0.1) is 0 Å². The molecule has 2 aromatic rings. The van der Waals surface area contributed by atoms with Gasteiger partial charge >= 0.3 is 0 Å². The van der Waals surface area contributed by atoms with Crippen LogP contribution in [0.3, 0.4) is 0 Å². The number of halogens is 2. The van der Waals surface area contributed by atoms with Gasteiger partial charge in [-0.05, 0) is 35.9 Å². The molecular weight excluding hydrogens is 453 g/mol. The normalized spacial score (nSPS) is 16.9. The number of nitrogens with two attached hydrogens (primary N) is 1. The lowest BCUT2D eigenvalue weighted by Crippen LogP contribution is -2.50. The van der Waals surface area contributed by atoms with Gasteiger partial charge < -0.3 is 15.4 Å². The van der Waals surface area contributed by atoms with Crippen LogP contribution in [0.15, 0.2) is 47.4 Å². The number of hydrogen-bond acceptors (Lipinski definition) is 5. The maximum absolute atomic E-state index is 12.5. The van der Waals surface area contributed by atoms with Gasteiger partial charge in [0.05, 0.1) is 34.5 Å². The van der Waals surface area contributed by atoms with E-state index in [1.807, 2.05) is 0 Å². The van der Waals surface area contributed by atoms with E-state index < -0.39 is 22.0 Å². The highest BCUT2D eigenvalue weighted by molar-refractivity contribution is 7.92. The van der Waals surface area contributed by atoms with Crippen molar-refractivity contribution in [3.8, 4) is 0 Å². The van der Waals surface area contributed by atoms with Gasteiger partial charge in [-0.3, -0.25) is 14.3 Å². The monoisotopic (exact) mass is 471 g/mol. The lowest BCUT2D eigenvalue weighted by atomic mass is 10.1. The third-order valence-corrected chi connectivity index (χ3v) is 6.62. The van der Waals surface area contributed by atoms with E-state index in [9.17, 15) is 18.0 Å². The lowest BCUT2D eigenvalue weighted by Gasteiger charge is -2.31. The van der Waals surface area contributed by atoms with E-state index in [0.717, 1.165) is 0 Å². The molecule has 11 heteroatoms. The number of carbonyl (C=O) groups is 2. The first kappa shape index (κ1) is 22.4. The van der Waals surface area contributed by atoms with Gasteiger partial charge in [0.2, 0.25) is 11.8 Å². The second-order valence-corrected chi connectivity index (χ2v) is 9.15. The molecule has 1 aliphatic heterocycles. The van der Waals surface area contributed by atoms with Gasteiger partial charge in [-0.15, -0.1) is 0 Å². The third-order valence-electron chi connectivity index (χ3n) is 4.50. The summed E-state index contributed by atoms with van der Waals surface area (Å²) in [7, 11) is -3.85. The number of anilines is 1. The van der Waals surface area contributed by atoms with Gasteiger partial charge in [-0.25, -0.2) is 8.42 Å². The van der Waals surface area contributed by atoms with Crippen LogP contribution < -0.4 is 10.5 Å². The molecule has 8 nitrogen and oxygen atoms in total. The van der Waals surface area contributed by atoms with Crippen LogP contribution in [-0.2, 0) is 30.8 Å². The van der Waals surface area contributed by atoms with E-state index in [1.54, 1.807) is 24.3 Å². The lowest BCUT2D eigenvalue weighted by molar-refractivity contribution is -0.145. The highest BCUT2D eigenvalue weighted by Gasteiger charge is 2.27. The topological polar surface area (TPSA) is 119 Å². The van der Waals surface area contributed by atoms with Crippen LogP contribution in [0.2, 0.25) is 10.0 Å². The van der Waals surface area contributed by atoms with Gasteiger partial charge in [-0.1, -0.05) is 35.3 Å². The largest absolute Gasteiger partial charge is 0.367 e. The zero-order valence-corrected chi connectivity index (χ0v) is 18.0. The van der Waals surface area contributed by atoms with E-state index in [2.05, 4.69) is 4.72 Å². The summed E-state index contributed by atoms with van der Waals surface area (Å²) in [6, 6.07) is 10.4. The Kier molecular flexibility index (Phi) is 6.87. The molecule has 3 rings (SSSR count). The van der Waals surface area contributed by atoms with Crippen molar-refractivity contribution in [1.82, 2.24) is 4.90 Å². The Labute approximate surface area is 183 Å². The minimum absolute atomic E-state index is 0.0209. The molecule has 1 saturated heterocycles. The number of amides is 2. The number of rotatable bonds is 6. The second-order valence-electron chi connectivity index (χ2n) is 6.66. The Bertz CT molecular complexity index is 1060. The van der Waals surface area contributed by atoms with Crippen molar-refractivity contribution >= 4 is 50.7 Å². The van der Waals surface area contributed by atoms with Crippen LogP contribution in [0.5, 0.6) is 0 Å². The van der Waals surface area contributed by atoms with E-state index in [-0.39, 0.29) is 40.4 Å². The first-order valence-corrected chi connectivity index (χ1v) is 11.1. The van der Waals surface area contributed by atoms with Crippen LogP contribution in [0.1, 0.15) is 5.56 Å². The van der Waals surface area contributed by atoms with Crippen LogP contribution in [-0.4, -0.2) is 50.9 Å². The summed E-state index contributed by atoms with van der Waals surface area (Å²) in [5.41, 5.74) is 6.26. The summed E-state index contributed by atoms with van der Waals surface area (Å²) < 4.78 is 32.7. The zero-order valence-electron chi connectivity index (χ0n) is 15.7. The average Bonchev–Trinajstić information content (AvgIpc) is 2.71. The highest BCUT2D eigenvalue weighted by Crippen LogP contribution is 2.26. The molecule has 1 fully saturated rings. The maximum Gasteiger partial charge on any atom is 0.261 e. The third kappa shape index (κ3) is 5.42. The fraction of sp³-hybridized carbons (Fsp3) is 0.263. The number of benzene rings is 2. The van der Waals surface area contributed by atoms with Crippen molar-refractivity contribution in [1.29, 1.82) is 0 Å². The molecule has 0 saturated carbocycles. The van der Waals surface area contributed by atoms with E-state index in [4.69, 9.17) is 33.7 Å². The molecule has 0 aromatic heterocycles. The Morgan fingerprint density at radius 2 is 1.83 bits per heavy atom. The SMILES string of the molecule is NC(=O)C1CN(C(=O)Cc2ccc(NS(=O)(=O)c3ccc(Cl)c(Cl)c3)cc2)CCO1. The summed E-state index contributed by atoms with van der Waals surface area (Å²) in [6.07, 6.45) is -0.702. The quantitative estimate of drug-likeness (QED) is 0.667. The fourth-order valence-electron chi connectivity index (χ4n) is 2.88. The minimum Gasteiger partial charge on any atom is -0.367 e. The minimum atomic E-state index is -3.85. The molecule has 1 unspecified atom stereocenters. The van der Waals surface area contributed by atoms with Crippen molar-refractivity contribution < 1.29 is 22.7 Å². The predicted molar refractivity (Wildman–Crippen MR) is 113 cm³/mol. The second kappa shape index (κ2) is 9.22. The van der Waals surface area contributed by atoms with Crippen LogP contribution in [0.4, 0.5) is 5.69 Å². The molecule has 3 N–H and O–H groups in total. The van der Waals surface area contributed by atoms with Gasteiger partial charge in [-0.2, -0.15) is 0 Å². The summed E-state index contributed by atoms with van der Waals surface area (Å²) in [5.74, 6) is -0.778. The molecule has 0 radical (unpaired) electrons. The van der Waals surface area contributed by atoms with Gasteiger partial charge in [0.15, 0.2) is 6.10 Å². The Hall–Kier alpha value is -2.33. The van der Waals surface area contributed by atoms with Crippen molar-refractivity contribution in [3.63, 3.8) is 0 Å². The van der Waals surface area contributed by atoms with Crippen molar-refractivity contribution in [2.45, 2.75) is 17.4 Å². The van der Waals surface area contributed by atoms with E-state index in [1.165, 1.54) is 23.1 Å². The Morgan fingerprint density at radius 1 is 1.13 bits per heavy atom. The molecule has 1 aliphatic rings. The zero-order chi connectivity index (χ0) is 21.9. The van der Waals surface area contributed by atoms with Crippen LogP contribution >= 0.6 is 23.2 Å². The van der Waals surface area contributed by atoms with Gasteiger partial charge in [0, 0.05) is 12.2 Å². The number of morpholine rings is 1. The summed E-state index contributed by atoms with van der Waals surface area (Å²) in [5, 5.41) is 0.391. The fourth-order valence-corrected chi connectivity index (χ4v) is 4.33. The molecule has 2 aromatic carbocycles. The first-order valence-electron chi connectivity index (χ1n) is 8.91. The molecule has 160 valence electrons. The van der Waals surface area contributed by atoms with Crippen molar-refractivity contribution in [3.05, 3.63) is 58.1 Å².